The predicted molar refractivity (Wildman–Crippen MR) is 64.3 cm³/mol. The molecule has 0 amide bonds. The zero-order valence-electron chi connectivity index (χ0n) is 8.65. The van der Waals surface area contributed by atoms with Gasteiger partial charge in [0.1, 0.15) is 6.61 Å². The maximum absolute atomic E-state index is 11.5. The summed E-state index contributed by atoms with van der Waals surface area (Å²) in [6.45, 7) is 0.121. The van der Waals surface area contributed by atoms with E-state index >= 15 is 0 Å². The Morgan fingerprint density at radius 2 is 2.06 bits per heavy atom. The van der Waals surface area contributed by atoms with Crippen molar-refractivity contribution >= 4 is 29.2 Å². The van der Waals surface area contributed by atoms with Gasteiger partial charge >= 0.3 is 5.97 Å². The van der Waals surface area contributed by atoms with Gasteiger partial charge in [-0.2, -0.15) is 0 Å². The highest BCUT2D eigenvalue weighted by Crippen LogP contribution is 2.23. The first-order valence-electron chi connectivity index (χ1n) is 4.81. The SMILES string of the molecule is O=C(OCc1ccc(Cl)c(Cl)c1)c1ccco1. The lowest BCUT2D eigenvalue weighted by atomic mass is 10.2. The topological polar surface area (TPSA) is 39.4 Å². The van der Waals surface area contributed by atoms with Crippen LogP contribution in [-0.2, 0) is 11.3 Å². The minimum Gasteiger partial charge on any atom is -0.457 e. The number of halogens is 2. The van der Waals surface area contributed by atoms with E-state index in [9.17, 15) is 4.79 Å². The lowest BCUT2D eigenvalue weighted by molar-refractivity contribution is 0.0436. The van der Waals surface area contributed by atoms with Crippen LogP contribution in [0.4, 0.5) is 0 Å². The van der Waals surface area contributed by atoms with E-state index in [1.54, 1.807) is 24.3 Å². The molecule has 0 aliphatic carbocycles. The molecule has 17 heavy (non-hydrogen) atoms. The van der Waals surface area contributed by atoms with Gasteiger partial charge in [0.25, 0.3) is 0 Å². The molecular formula is C12H8Cl2O3. The first-order valence-corrected chi connectivity index (χ1v) is 5.57. The van der Waals surface area contributed by atoms with E-state index in [0.717, 1.165) is 5.56 Å². The molecule has 5 heteroatoms. The molecule has 1 heterocycles. The Labute approximate surface area is 108 Å². The summed E-state index contributed by atoms with van der Waals surface area (Å²) in [6, 6.07) is 8.20. The monoisotopic (exact) mass is 270 g/mol. The third-order valence-corrected chi connectivity index (χ3v) is 2.82. The molecule has 0 bridgehead atoms. The molecule has 0 atom stereocenters. The molecule has 1 aromatic carbocycles. The third-order valence-electron chi connectivity index (χ3n) is 2.08. The van der Waals surface area contributed by atoms with Crippen LogP contribution >= 0.6 is 23.2 Å². The van der Waals surface area contributed by atoms with E-state index in [2.05, 4.69) is 0 Å². The molecule has 1 aromatic heterocycles. The van der Waals surface area contributed by atoms with Crippen molar-refractivity contribution in [3.05, 3.63) is 58.0 Å². The lowest BCUT2D eigenvalue weighted by Gasteiger charge is -2.04. The molecule has 0 aliphatic heterocycles. The van der Waals surface area contributed by atoms with Crippen LogP contribution in [-0.4, -0.2) is 5.97 Å². The Hall–Kier alpha value is -1.45. The van der Waals surface area contributed by atoms with Gasteiger partial charge in [-0.15, -0.1) is 0 Å². The fourth-order valence-corrected chi connectivity index (χ4v) is 1.56. The molecule has 2 aromatic rings. The minimum atomic E-state index is -0.513. The molecule has 0 N–H and O–H groups in total. The minimum absolute atomic E-state index is 0.121. The average Bonchev–Trinajstić information content (AvgIpc) is 2.84. The second-order valence-corrected chi connectivity index (χ2v) is 4.12. The largest absolute Gasteiger partial charge is 0.457 e. The molecule has 0 saturated carbocycles. The first kappa shape index (κ1) is 12.0. The standard InChI is InChI=1S/C12H8Cl2O3/c13-9-4-3-8(6-10(9)14)7-17-12(15)11-2-1-5-16-11/h1-6H,7H2. The van der Waals surface area contributed by atoms with Crippen molar-refractivity contribution in [2.24, 2.45) is 0 Å². The van der Waals surface area contributed by atoms with Gasteiger partial charge in [-0.05, 0) is 29.8 Å². The number of carbonyl (C=O) groups is 1. The summed E-state index contributed by atoms with van der Waals surface area (Å²) < 4.78 is 9.94. The summed E-state index contributed by atoms with van der Waals surface area (Å²) in [5.41, 5.74) is 0.763. The fourth-order valence-electron chi connectivity index (χ4n) is 1.24. The van der Waals surface area contributed by atoms with Crippen LogP contribution in [0, 0.1) is 0 Å². The highest BCUT2D eigenvalue weighted by molar-refractivity contribution is 6.42. The summed E-state index contributed by atoms with van der Waals surface area (Å²) in [5.74, 6) is -0.342. The molecule has 0 saturated heterocycles. The predicted octanol–water partition coefficient (Wildman–Crippen LogP) is 3.94. The van der Waals surface area contributed by atoms with Crippen molar-refractivity contribution in [1.29, 1.82) is 0 Å². The van der Waals surface area contributed by atoms with Crippen molar-refractivity contribution in [2.45, 2.75) is 6.61 Å². The number of ether oxygens (including phenoxy) is 1. The number of carbonyl (C=O) groups excluding carboxylic acids is 1. The summed E-state index contributed by atoms with van der Waals surface area (Å²) in [6.07, 6.45) is 1.41. The number of hydrogen-bond donors (Lipinski definition) is 0. The van der Waals surface area contributed by atoms with E-state index in [-0.39, 0.29) is 12.4 Å². The number of benzene rings is 1. The maximum atomic E-state index is 11.5. The van der Waals surface area contributed by atoms with Crippen molar-refractivity contribution < 1.29 is 13.9 Å². The summed E-state index contributed by atoms with van der Waals surface area (Å²) in [5, 5.41) is 0.894. The zero-order chi connectivity index (χ0) is 12.3. The molecule has 0 aliphatic rings. The number of rotatable bonds is 3. The van der Waals surface area contributed by atoms with Gasteiger partial charge in [0.2, 0.25) is 5.76 Å². The summed E-state index contributed by atoms with van der Waals surface area (Å²) >= 11 is 11.6. The smallest absolute Gasteiger partial charge is 0.374 e. The number of hydrogen-bond acceptors (Lipinski definition) is 3. The average molecular weight is 271 g/mol. The Bertz CT molecular complexity index is 521. The van der Waals surface area contributed by atoms with Crippen LogP contribution in [0.5, 0.6) is 0 Å². The summed E-state index contributed by atoms with van der Waals surface area (Å²) in [4.78, 5) is 11.5. The first-order chi connectivity index (χ1) is 8.16. The molecule has 0 spiro atoms. The van der Waals surface area contributed by atoms with E-state index in [1.165, 1.54) is 12.3 Å². The number of furan rings is 1. The van der Waals surface area contributed by atoms with Crippen LogP contribution in [0.3, 0.4) is 0 Å². The molecular weight excluding hydrogens is 263 g/mol. The Kier molecular flexibility index (Phi) is 3.71. The Balaban J connectivity index is 1.98. The van der Waals surface area contributed by atoms with Crippen LogP contribution in [0.1, 0.15) is 16.1 Å². The highest BCUT2D eigenvalue weighted by atomic mass is 35.5. The van der Waals surface area contributed by atoms with Gasteiger partial charge in [0.15, 0.2) is 0 Å². The maximum Gasteiger partial charge on any atom is 0.374 e. The molecule has 88 valence electrons. The van der Waals surface area contributed by atoms with Crippen LogP contribution in [0.2, 0.25) is 10.0 Å². The summed E-state index contributed by atoms with van der Waals surface area (Å²) in [7, 11) is 0. The van der Waals surface area contributed by atoms with Crippen molar-refractivity contribution in [1.82, 2.24) is 0 Å². The molecule has 0 fully saturated rings. The second kappa shape index (κ2) is 5.25. The van der Waals surface area contributed by atoms with Gasteiger partial charge in [-0.1, -0.05) is 29.3 Å². The van der Waals surface area contributed by atoms with Crippen molar-refractivity contribution in [3.63, 3.8) is 0 Å². The quantitative estimate of drug-likeness (QED) is 0.793. The Morgan fingerprint density at radius 1 is 1.24 bits per heavy atom. The normalized spacial score (nSPS) is 10.2. The lowest BCUT2D eigenvalue weighted by Crippen LogP contribution is -2.03. The van der Waals surface area contributed by atoms with Gasteiger partial charge in [0.05, 0.1) is 16.3 Å². The molecule has 0 unspecified atom stereocenters. The second-order valence-electron chi connectivity index (χ2n) is 3.30. The molecule has 2 rings (SSSR count). The van der Waals surface area contributed by atoms with E-state index in [4.69, 9.17) is 32.4 Å². The van der Waals surface area contributed by atoms with Crippen molar-refractivity contribution in [3.8, 4) is 0 Å². The van der Waals surface area contributed by atoms with E-state index < -0.39 is 5.97 Å². The van der Waals surface area contributed by atoms with Gasteiger partial charge < -0.3 is 9.15 Å². The molecule has 3 nitrogen and oxygen atoms in total. The van der Waals surface area contributed by atoms with E-state index in [0.29, 0.717) is 10.0 Å². The van der Waals surface area contributed by atoms with Crippen LogP contribution in [0.15, 0.2) is 41.0 Å². The number of esters is 1. The fraction of sp³-hybridized carbons (Fsp3) is 0.0833. The van der Waals surface area contributed by atoms with Crippen LogP contribution < -0.4 is 0 Å². The van der Waals surface area contributed by atoms with Gasteiger partial charge in [-0.3, -0.25) is 0 Å². The van der Waals surface area contributed by atoms with Gasteiger partial charge in [-0.25, -0.2) is 4.79 Å². The Morgan fingerprint density at radius 3 is 2.71 bits per heavy atom. The molecule has 0 radical (unpaired) electrons. The highest BCUT2D eigenvalue weighted by Gasteiger charge is 2.10. The van der Waals surface area contributed by atoms with Crippen molar-refractivity contribution in [2.75, 3.05) is 0 Å². The zero-order valence-corrected chi connectivity index (χ0v) is 10.2. The third kappa shape index (κ3) is 3.02. The van der Waals surface area contributed by atoms with Crippen LogP contribution in [0.25, 0.3) is 0 Å². The van der Waals surface area contributed by atoms with Gasteiger partial charge in [0, 0.05) is 0 Å². The van der Waals surface area contributed by atoms with E-state index in [1.807, 2.05) is 0 Å².